The molecule has 28 heavy (non-hydrogen) atoms. The smallest absolute Gasteiger partial charge is 0.0500 e. The van der Waals surface area contributed by atoms with Gasteiger partial charge in [0, 0.05) is 27.8 Å². The maximum absolute atomic E-state index is 2.46. The molecule has 5 rings (SSSR count). The average Bonchev–Trinajstić information content (AvgIpc) is 3.08. The molecule has 1 heterocycles. The number of hydrogen-bond acceptors (Lipinski definition) is 0. The highest BCUT2D eigenvalue weighted by atomic mass is 15.0. The van der Waals surface area contributed by atoms with Crippen LogP contribution in [0.3, 0.4) is 0 Å². The van der Waals surface area contributed by atoms with Gasteiger partial charge >= 0.3 is 0 Å². The minimum atomic E-state index is 0.397. The molecule has 0 aliphatic carbocycles. The Morgan fingerprint density at radius 1 is 0.500 bits per heavy atom. The molecule has 1 nitrogen and oxygen atoms in total. The van der Waals surface area contributed by atoms with Gasteiger partial charge in [0.1, 0.15) is 0 Å². The van der Waals surface area contributed by atoms with E-state index in [-0.39, 0.29) is 0 Å². The predicted octanol–water partition coefficient (Wildman–Crippen LogP) is 7.71. The molecule has 0 amide bonds. The molecule has 0 saturated heterocycles. The fourth-order valence-electron chi connectivity index (χ4n) is 4.23. The first kappa shape index (κ1) is 16.8. The lowest BCUT2D eigenvalue weighted by molar-refractivity contribution is 0.642. The molecule has 1 aromatic heterocycles. The Balaban J connectivity index is 1.78. The molecule has 0 aliphatic heterocycles. The molecule has 0 atom stereocenters. The summed E-state index contributed by atoms with van der Waals surface area (Å²) >= 11 is 0. The maximum atomic E-state index is 2.46. The summed E-state index contributed by atoms with van der Waals surface area (Å²) in [5.41, 5.74) is 7.65. The van der Waals surface area contributed by atoms with Crippen molar-refractivity contribution < 1.29 is 0 Å². The van der Waals surface area contributed by atoms with Crippen LogP contribution in [0.4, 0.5) is 0 Å². The van der Waals surface area contributed by atoms with E-state index >= 15 is 0 Å². The summed E-state index contributed by atoms with van der Waals surface area (Å²) in [6, 6.07) is 35.4. The number of benzene rings is 4. The minimum Gasteiger partial charge on any atom is -0.338 e. The van der Waals surface area contributed by atoms with Crippen molar-refractivity contribution in [2.45, 2.75) is 19.9 Å². The third-order valence-electron chi connectivity index (χ3n) is 5.53. The van der Waals surface area contributed by atoms with Crippen molar-refractivity contribution in [1.29, 1.82) is 0 Å². The molecular formula is C27H23N. The zero-order valence-corrected chi connectivity index (χ0v) is 16.3. The summed E-state index contributed by atoms with van der Waals surface area (Å²) in [6.07, 6.45) is 0. The highest BCUT2D eigenvalue weighted by molar-refractivity contribution is 6.10. The second kappa shape index (κ2) is 6.69. The van der Waals surface area contributed by atoms with Gasteiger partial charge in [0.25, 0.3) is 0 Å². The van der Waals surface area contributed by atoms with Crippen molar-refractivity contribution in [3.05, 3.63) is 97.1 Å². The van der Waals surface area contributed by atoms with Crippen LogP contribution in [-0.4, -0.2) is 4.57 Å². The summed E-state index contributed by atoms with van der Waals surface area (Å²) < 4.78 is 2.46. The molecule has 136 valence electrons. The van der Waals surface area contributed by atoms with Crippen LogP contribution in [0.5, 0.6) is 0 Å². The van der Waals surface area contributed by atoms with Crippen molar-refractivity contribution >= 4 is 21.8 Å². The Kier molecular flexibility index (Phi) is 4.02. The third kappa shape index (κ3) is 2.71. The molecule has 5 aromatic rings. The Morgan fingerprint density at radius 3 is 1.68 bits per heavy atom. The largest absolute Gasteiger partial charge is 0.338 e. The fraction of sp³-hybridized carbons (Fsp3) is 0.111. The lowest BCUT2D eigenvalue weighted by atomic mass is 10.0. The second-order valence-corrected chi connectivity index (χ2v) is 7.66. The molecule has 0 bridgehead atoms. The second-order valence-electron chi connectivity index (χ2n) is 7.66. The van der Waals surface area contributed by atoms with Gasteiger partial charge in [-0.05, 0) is 54.3 Å². The van der Waals surface area contributed by atoms with Gasteiger partial charge in [-0.15, -0.1) is 0 Å². The van der Waals surface area contributed by atoms with Gasteiger partial charge in [-0.1, -0.05) is 78.9 Å². The molecule has 0 N–H and O–H groups in total. The highest BCUT2D eigenvalue weighted by Crippen LogP contribution is 2.36. The first-order valence-corrected chi connectivity index (χ1v) is 9.91. The van der Waals surface area contributed by atoms with Crippen molar-refractivity contribution in [3.8, 4) is 22.3 Å². The highest BCUT2D eigenvalue weighted by Gasteiger charge is 2.14. The van der Waals surface area contributed by atoms with Crippen LogP contribution < -0.4 is 0 Å². The van der Waals surface area contributed by atoms with Crippen LogP contribution in [0, 0.1) is 0 Å². The van der Waals surface area contributed by atoms with E-state index in [2.05, 4.69) is 115 Å². The van der Waals surface area contributed by atoms with E-state index in [0.717, 1.165) is 0 Å². The molecule has 0 radical (unpaired) electrons. The van der Waals surface area contributed by atoms with E-state index in [1.165, 1.54) is 44.1 Å². The maximum Gasteiger partial charge on any atom is 0.0500 e. The Morgan fingerprint density at radius 2 is 1.07 bits per heavy atom. The topological polar surface area (TPSA) is 4.93 Å². The van der Waals surface area contributed by atoms with E-state index in [0.29, 0.717) is 6.04 Å². The van der Waals surface area contributed by atoms with Gasteiger partial charge in [-0.25, -0.2) is 0 Å². The molecule has 0 spiro atoms. The molecule has 0 aliphatic rings. The van der Waals surface area contributed by atoms with Crippen LogP contribution in [-0.2, 0) is 0 Å². The van der Waals surface area contributed by atoms with E-state index in [1.54, 1.807) is 0 Å². The zero-order valence-electron chi connectivity index (χ0n) is 16.3. The number of aromatic nitrogens is 1. The number of hydrogen-bond donors (Lipinski definition) is 0. The van der Waals surface area contributed by atoms with Gasteiger partial charge in [0.2, 0.25) is 0 Å². The van der Waals surface area contributed by atoms with E-state index in [4.69, 9.17) is 0 Å². The van der Waals surface area contributed by atoms with E-state index in [9.17, 15) is 0 Å². The van der Waals surface area contributed by atoms with Gasteiger partial charge in [0.15, 0.2) is 0 Å². The Bertz CT molecular complexity index is 1260. The molecule has 0 fully saturated rings. The zero-order chi connectivity index (χ0) is 19.1. The van der Waals surface area contributed by atoms with Gasteiger partial charge < -0.3 is 4.57 Å². The van der Waals surface area contributed by atoms with E-state index in [1.807, 2.05) is 0 Å². The SMILES string of the molecule is CC(C)n1c2ccc(-c3ccccc3)cc2c2ccc(-c3ccccc3)cc21. The summed E-state index contributed by atoms with van der Waals surface area (Å²) in [4.78, 5) is 0. The number of fused-ring (bicyclic) bond motifs is 3. The quantitative estimate of drug-likeness (QED) is 0.310. The minimum absolute atomic E-state index is 0.397. The van der Waals surface area contributed by atoms with Crippen LogP contribution >= 0.6 is 0 Å². The Labute approximate surface area is 165 Å². The molecule has 0 unspecified atom stereocenters. The predicted molar refractivity (Wildman–Crippen MR) is 121 cm³/mol. The molecule has 4 aromatic carbocycles. The van der Waals surface area contributed by atoms with Crippen molar-refractivity contribution in [3.63, 3.8) is 0 Å². The van der Waals surface area contributed by atoms with Crippen LogP contribution in [0.2, 0.25) is 0 Å². The van der Waals surface area contributed by atoms with Crippen molar-refractivity contribution in [1.82, 2.24) is 4.57 Å². The lowest BCUT2D eigenvalue weighted by Crippen LogP contribution is -1.99. The average molecular weight is 361 g/mol. The molecular weight excluding hydrogens is 338 g/mol. The first-order chi connectivity index (χ1) is 13.7. The number of rotatable bonds is 3. The van der Waals surface area contributed by atoms with Crippen LogP contribution in [0.25, 0.3) is 44.1 Å². The van der Waals surface area contributed by atoms with E-state index < -0.39 is 0 Å². The molecule has 1 heteroatoms. The van der Waals surface area contributed by atoms with Gasteiger partial charge in [-0.2, -0.15) is 0 Å². The Hall–Kier alpha value is -3.32. The summed E-state index contributed by atoms with van der Waals surface area (Å²) in [5, 5.41) is 2.64. The van der Waals surface area contributed by atoms with Crippen molar-refractivity contribution in [2.24, 2.45) is 0 Å². The third-order valence-corrected chi connectivity index (χ3v) is 5.53. The fourth-order valence-corrected chi connectivity index (χ4v) is 4.23. The standard InChI is InChI=1S/C27H23N/c1-19(2)28-26-16-14-22(20-9-5-3-6-10-20)17-25(26)24-15-13-23(18-27(24)28)21-11-7-4-8-12-21/h3-19H,1-2H3. The first-order valence-electron chi connectivity index (χ1n) is 9.91. The normalized spacial score (nSPS) is 11.5. The van der Waals surface area contributed by atoms with Crippen LogP contribution in [0.15, 0.2) is 97.1 Å². The van der Waals surface area contributed by atoms with Crippen LogP contribution in [0.1, 0.15) is 19.9 Å². The molecule has 0 saturated carbocycles. The summed E-state index contributed by atoms with van der Waals surface area (Å²) in [7, 11) is 0. The summed E-state index contributed by atoms with van der Waals surface area (Å²) in [5.74, 6) is 0. The van der Waals surface area contributed by atoms with Gasteiger partial charge in [0.05, 0.1) is 0 Å². The summed E-state index contributed by atoms with van der Waals surface area (Å²) in [6.45, 7) is 4.53. The van der Waals surface area contributed by atoms with Crippen molar-refractivity contribution in [2.75, 3.05) is 0 Å². The number of nitrogens with zero attached hydrogens (tertiary/aromatic N) is 1. The lowest BCUT2D eigenvalue weighted by Gasteiger charge is -2.12. The van der Waals surface area contributed by atoms with Gasteiger partial charge in [-0.3, -0.25) is 0 Å². The monoisotopic (exact) mass is 361 g/mol.